The predicted octanol–water partition coefficient (Wildman–Crippen LogP) is 1.54. The summed E-state index contributed by atoms with van der Waals surface area (Å²) >= 11 is 0. The zero-order valence-corrected chi connectivity index (χ0v) is 9.75. The number of fused-ring (bicyclic) bond motifs is 1. The van der Waals surface area contributed by atoms with Crippen molar-refractivity contribution in [3.8, 4) is 0 Å². The van der Waals surface area contributed by atoms with Crippen molar-refractivity contribution < 1.29 is 9.53 Å². The normalized spacial score (nSPS) is 11.2. The lowest BCUT2D eigenvalue weighted by molar-refractivity contribution is -0.137. The standard InChI is InChI=1S/C12H13N3O2/c1-3-17-12(16)5-4-9-6-10-11(13-7-9)8-15(2)14-10/h4-8H,3H2,1-2H3/b5-4+. The number of rotatable bonds is 3. The Kier molecular flexibility index (Phi) is 3.18. The Balaban J connectivity index is 2.21. The smallest absolute Gasteiger partial charge is 0.330 e. The van der Waals surface area contributed by atoms with Gasteiger partial charge in [0.05, 0.1) is 12.8 Å². The fraction of sp³-hybridized carbons (Fsp3) is 0.250. The van der Waals surface area contributed by atoms with E-state index in [-0.39, 0.29) is 5.97 Å². The minimum atomic E-state index is -0.353. The van der Waals surface area contributed by atoms with E-state index in [4.69, 9.17) is 4.74 Å². The van der Waals surface area contributed by atoms with Gasteiger partial charge in [0.2, 0.25) is 0 Å². The van der Waals surface area contributed by atoms with Crippen LogP contribution in [0.1, 0.15) is 12.5 Å². The van der Waals surface area contributed by atoms with Crippen LogP contribution >= 0.6 is 0 Å². The van der Waals surface area contributed by atoms with E-state index in [1.54, 1.807) is 23.9 Å². The van der Waals surface area contributed by atoms with E-state index in [0.717, 1.165) is 16.6 Å². The fourth-order valence-corrected chi connectivity index (χ4v) is 1.48. The van der Waals surface area contributed by atoms with Crippen LogP contribution in [0.15, 0.2) is 24.5 Å². The van der Waals surface area contributed by atoms with Crippen LogP contribution in [-0.4, -0.2) is 27.3 Å². The Bertz CT molecular complexity index is 572. The van der Waals surface area contributed by atoms with Crippen LogP contribution in [-0.2, 0) is 16.6 Å². The van der Waals surface area contributed by atoms with Crippen LogP contribution in [0, 0.1) is 0 Å². The molecule has 88 valence electrons. The lowest BCUT2D eigenvalue weighted by Gasteiger charge is -1.95. The Labute approximate surface area is 98.7 Å². The van der Waals surface area contributed by atoms with Crippen LogP contribution in [0.4, 0.5) is 0 Å². The molecule has 5 heteroatoms. The van der Waals surface area contributed by atoms with Crippen molar-refractivity contribution >= 4 is 23.1 Å². The quantitative estimate of drug-likeness (QED) is 0.594. The highest BCUT2D eigenvalue weighted by Crippen LogP contribution is 2.11. The van der Waals surface area contributed by atoms with Gasteiger partial charge in [-0.05, 0) is 24.6 Å². The Morgan fingerprint density at radius 1 is 1.53 bits per heavy atom. The first-order valence-corrected chi connectivity index (χ1v) is 5.33. The molecule has 0 bridgehead atoms. The molecule has 2 aromatic heterocycles. The van der Waals surface area contributed by atoms with Crippen molar-refractivity contribution in [1.29, 1.82) is 0 Å². The monoisotopic (exact) mass is 231 g/mol. The van der Waals surface area contributed by atoms with Gasteiger partial charge in [0, 0.05) is 19.3 Å². The molecule has 2 aromatic rings. The molecule has 2 heterocycles. The van der Waals surface area contributed by atoms with Crippen LogP contribution < -0.4 is 0 Å². The number of nitrogens with zero attached hydrogens (tertiary/aromatic N) is 3. The summed E-state index contributed by atoms with van der Waals surface area (Å²) in [4.78, 5) is 15.4. The summed E-state index contributed by atoms with van der Waals surface area (Å²) in [5.74, 6) is -0.353. The molecule has 0 radical (unpaired) electrons. The molecule has 0 spiro atoms. The molecule has 0 fully saturated rings. The number of esters is 1. The van der Waals surface area contributed by atoms with E-state index < -0.39 is 0 Å². The van der Waals surface area contributed by atoms with E-state index in [2.05, 4.69) is 10.1 Å². The minimum Gasteiger partial charge on any atom is -0.463 e. The van der Waals surface area contributed by atoms with Crippen molar-refractivity contribution in [1.82, 2.24) is 14.8 Å². The van der Waals surface area contributed by atoms with Crippen molar-refractivity contribution in [2.45, 2.75) is 6.92 Å². The summed E-state index contributed by atoms with van der Waals surface area (Å²) in [6, 6.07) is 1.87. The minimum absolute atomic E-state index is 0.353. The number of aryl methyl sites for hydroxylation is 1. The lowest BCUT2D eigenvalue weighted by atomic mass is 10.2. The van der Waals surface area contributed by atoms with E-state index in [0.29, 0.717) is 6.61 Å². The summed E-state index contributed by atoms with van der Waals surface area (Å²) in [7, 11) is 1.84. The molecule has 0 atom stereocenters. The number of pyridine rings is 1. The SMILES string of the molecule is CCOC(=O)/C=C/c1cnc2cn(C)nc2c1. The average Bonchev–Trinajstić information content (AvgIpc) is 2.66. The molecule has 0 saturated heterocycles. The van der Waals surface area contributed by atoms with Gasteiger partial charge in [0.15, 0.2) is 0 Å². The molecule has 5 nitrogen and oxygen atoms in total. The van der Waals surface area contributed by atoms with Gasteiger partial charge in [-0.3, -0.25) is 9.67 Å². The molecular formula is C12H13N3O2. The van der Waals surface area contributed by atoms with Crippen LogP contribution in [0.5, 0.6) is 0 Å². The summed E-state index contributed by atoms with van der Waals surface area (Å²) in [5, 5.41) is 4.24. The first-order chi connectivity index (χ1) is 8.19. The topological polar surface area (TPSA) is 57.0 Å². The zero-order chi connectivity index (χ0) is 12.3. The van der Waals surface area contributed by atoms with Gasteiger partial charge in [-0.15, -0.1) is 0 Å². The van der Waals surface area contributed by atoms with Crippen molar-refractivity contribution in [3.63, 3.8) is 0 Å². The summed E-state index contributed by atoms with van der Waals surface area (Å²) < 4.78 is 6.49. The van der Waals surface area contributed by atoms with E-state index >= 15 is 0 Å². The van der Waals surface area contributed by atoms with Gasteiger partial charge in [-0.25, -0.2) is 4.79 Å². The van der Waals surface area contributed by atoms with E-state index in [1.807, 2.05) is 19.3 Å². The highest BCUT2D eigenvalue weighted by molar-refractivity contribution is 5.87. The third-order valence-corrected chi connectivity index (χ3v) is 2.19. The second kappa shape index (κ2) is 4.78. The van der Waals surface area contributed by atoms with Gasteiger partial charge in [0.25, 0.3) is 0 Å². The van der Waals surface area contributed by atoms with Crippen molar-refractivity contribution in [2.24, 2.45) is 7.05 Å². The van der Waals surface area contributed by atoms with E-state index in [1.165, 1.54) is 6.08 Å². The maximum absolute atomic E-state index is 11.1. The molecule has 0 unspecified atom stereocenters. The highest BCUT2D eigenvalue weighted by atomic mass is 16.5. The summed E-state index contributed by atoms with van der Waals surface area (Å²) in [5.41, 5.74) is 2.46. The maximum Gasteiger partial charge on any atom is 0.330 e. The predicted molar refractivity (Wildman–Crippen MR) is 64.2 cm³/mol. The van der Waals surface area contributed by atoms with Gasteiger partial charge >= 0.3 is 5.97 Å². The van der Waals surface area contributed by atoms with Crippen LogP contribution in [0.2, 0.25) is 0 Å². The Morgan fingerprint density at radius 2 is 2.35 bits per heavy atom. The first kappa shape index (κ1) is 11.3. The lowest BCUT2D eigenvalue weighted by Crippen LogP contribution is -1.98. The van der Waals surface area contributed by atoms with Gasteiger partial charge in [-0.1, -0.05) is 0 Å². The molecule has 0 N–H and O–H groups in total. The van der Waals surface area contributed by atoms with Gasteiger partial charge in [-0.2, -0.15) is 5.10 Å². The van der Waals surface area contributed by atoms with Crippen molar-refractivity contribution in [2.75, 3.05) is 6.61 Å². The Morgan fingerprint density at radius 3 is 3.12 bits per heavy atom. The van der Waals surface area contributed by atoms with Gasteiger partial charge < -0.3 is 4.74 Å². The zero-order valence-electron chi connectivity index (χ0n) is 9.75. The summed E-state index contributed by atoms with van der Waals surface area (Å²) in [6.45, 7) is 2.15. The molecule has 0 amide bonds. The number of aromatic nitrogens is 3. The third kappa shape index (κ3) is 2.69. The van der Waals surface area contributed by atoms with Crippen LogP contribution in [0.3, 0.4) is 0 Å². The largest absolute Gasteiger partial charge is 0.463 e. The molecular weight excluding hydrogens is 218 g/mol. The molecule has 0 aromatic carbocycles. The molecule has 17 heavy (non-hydrogen) atoms. The fourth-order valence-electron chi connectivity index (χ4n) is 1.48. The second-order valence-corrected chi connectivity index (χ2v) is 3.56. The average molecular weight is 231 g/mol. The van der Waals surface area contributed by atoms with E-state index in [9.17, 15) is 4.79 Å². The first-order valence-electron chi connectivity index (χ1n) is 5.33. The number of hydrogen-bond acceptors (Lipinski definition) is 4. The number of hydrogen-bond donors (Lipinski definition) is 0. The highest BCUT2D eigenvalue weighted by Gasteiger charge is 2.00. The maximum atomic E-state index is 11.1. The van der Waals surface area contributed by atoms with Crippen LogP contribution in [0.25, 0.3) is 17.1 Å². The van der Waals surface area contributed by atoms with Gasteiger partial charge in [0.1, 0.15) is 11.0 Å². The van der Waals surface area contributed by atoms with Crippen molar-refractivity contribution in [3.05, 3.63) is 30.1 Å². The Hall–Kier alpha value is -2.17. The molecule has 0 aliphatic rings. The number of ether oxygens (including phenoxy) is 1. The molecule has 0 aliphatic carbocycles. The third-order valence-electron chi connectivity index (χ3n) is 2.19. The summed E-state index contributed by atoms with van der Waals surface area (Å²) in [6.07, 6.45) is 6.59. The molecule has 0 aliphatic heterocycles. The molecule has 2 rings (SSSR count). The number of carbonyl (C=O) groups is 1. The molecule has 0 saturated carbocycles. The second-order valence-electron chi connectivity index (χ2n) is 3.56. The number of carbonyl (C=O) groups excluding carboxylic acids is 1.